The number of amides is 1. The summed E-state index contributed by atoms with van der Waals surface area (Å²) in [5.41, 5.74) is 1.81. The largest absolute Gasteiger partial charge is 0.457 e. The molecule has 5 heteroatoms. The molecule has 0 fully saturated rings. The molecule has 0 aliphatic heterocycles. The van der Waals surface area contributed by atoms with Crippen molar-refractivity contribution in [1.29, 1.82) is 0 Å². The molecular formula is C18H21NO4. The Morgan fingerprint density at radius 2 is 1.91 bits per heavy atom. The van der Waals surface area contributed by atoms with Gasteiger partial charge in [0, 0.05) is 5.69 Å². The van der Waals surface area contributed by atoms with E-state index in [1.165, 1.54) is 19.3 Å². The molecule has 0 saturated heterocycles. The highest BCUT2D eigenvalue weighted by Gasteiger charge is 2.21. The molecule has 1 aromatic carbocycles. The second-order valence-corrected chi connectivity index (χ2v) is 5.41. The molecule has 0 bridgehead atoms. The van der Waals surface area contributed by atoms with E-state index in [9.17, 15) is 9.59 Å². The fraction of sp³-hybridized carbons (Fsp3) is 0.333. The molecule has 0 radical (unpaired) electrons. The lowest BCUT2D eigenvalue weighted by Gasteiger charge is -2.17. The van der Waals surface area contributed by atoms with Crippen LogP contribution in [0.3, 0.4) is 0 Å². The van der Waals surface area contributed by atoms with E-state index in [4.69, 9.17) is 9.15 Å². The average Bonchev–Trinajstić information content (AvgIpc) is 3.09. The third-order valence-electron chi connectivity index (χ3n) is 3.74. The van der Waals surface area contributed by atoms with Gasteiger partial charge in [0.15, 0.2) is 6.10 Å². The average molecular weight is 315 g/mol. The third-order valence-corrected chi connectivity index (χ3v) is 3.74. The molecule has 0 aliphatic rings. The Morgan fingerprint density at radius 1 is 1.17 bits per heavy atom. The lowest BCUT2D eigenvalue weighted by atomic mass is 9.97. The van der Waals surface area contributed by atoms with Crippen LogP contribution in [0, 0.1) is 0 Å². The van der Waals surface area contributed by atoms with E-state index in [0.29, 0.717) is 5.92 Å². The summed E-state index contributed by atoms with van der Waals surface area (Å²) in [6, 6.07) is 10.7. The molecule has 0 saturated carbocycles. The summed E-state index contributed by atoms with van der Waals surface area (Å²) < 4.78 is 10.1. The minimum Gasteiger partial charge on any atom is -0.457 e. The van der Waals surface area contributed by atoms with Gasteiger partial charge in [0.25, 0.3) is 5.91 Å². The van der Waals surface area contributed by atoms with Crippen molar-refractivity contribution in [3.8, 4) is 0 Å². The van der Waals surface area contributed by atoms with E-state index in [0.717, 1.165) is 17.7 Å². The highest BCUT2D eigenvalue weighted by Crippen LogP contribution is 2.26. The molecular weight excluding hydrogens is 294 g/mol. The van der Waals surface area contributed by atoms with E-state index < -0.39 is 12.1 Å². The number of hydrogen-bond donors (Lipinski definition) is 1. The number of nitrogens with one attached hydrogen (secondary N) is 1. The normalized spacial score (nSPS) is 13.2. The van der Waals surface area contributed by atoms with Gasteiger partial charge in [0.05, 0.1) is 6.26 Å². The van der Waals surface area contributed by atoms with Gasteiger partial charge in [-0.3, -0.25) is 4.79 Å². The van der Waals surface area contributed by atoms with E-state index in [1.807, 2.05) is 24.3 Å². The van der Waals surface area contributed by atoms with Crippen LogP contribution in [0.1, 0.15) is 49.2 Å². The summed E-state index contributed by atoms with van der Waals surface area (Å²) >= 11 is 0. The number of carbonyl (C=O) groups is 2. The van der Waals surface area contributed by atoms with Crippen molar-refractivity contribution >= 4 is 17.6 Å². The van der Waals surface area contributed by atoms with Gasteiger partial charge in [-0.2, -0.15) is 0 Å². The Bertz CT molecular complexity index is 663. The van der Waals surface area contributed by atoms with Gasteiger partial charge in [0.2, 0.25) is 5.76 Å². The lowest BCUT2D eigenvalue weighted by Crippen LogP contribution is -2.30. The number of esters is 1. The van der Waals surface area contributed by atoms with Gasteiger partial charge < -0.3 is 14.5 Å². The fourth-order valence-electron chi connectivity index (χ4n) is 2.16. The molecule has 1 heterocycles. The molecule has 122 valence electrons. The first kappa shape index (κ1) is 16.8. The van der Waals surface area contributed by atoms with Crippen LogP contribution in [0.2, 0.25) is 0 Å². The molecule has 1 amide bonds. The molecule has 0 unspecified atom stereocenters. The van der Waals surface area contributed by atoms with Crippen molar-refractivity contribution in [3.63, 3.8) is 0 Å². The number of hydrogen-bond acceptors (Lipinski definition) is 4. The van der Waals surface area contributed by atoms with Crippen molar-refractivity contribution in [1.82, 2.24) is 0 Å². The van der Waals surface area contributed by atoms with E-state index in [1.54, 1.807) is 6.07 Å². The van der Waals surface area contributed by atoms with Crippen LogP contribution in [0.15, 0.2) is 47.1 Å². The Balaban J connectivity index is 2.03. The number of rotatable bonds is 6. The SMILES string of the molecule is CC[C@@H](C)c1ccccc1NC(=O)[C@@H](C)OC(=O)c1ccco1. The highest BCUT2D eigenvalue weighted by atomic mass is 16.6. The zero-order chi connectivity index (χ0) is 16.8. The number of para-hydroxylation sites is 1. The molecule has 0 spiro atoms. The Hall–Kier alpha value is -2.56. The number of benzene rings is 1. The molecule has 5 nitrogen and oxygen atoms in total. The van der Waals surface area contributed by atoms with Crippen LogP contribution in [-0.4, -0.2) is 18.0 Å². The quantitative estimate of drug-likeness (QED) is 0.819. The van der Waals surface area contributed by atoms with Gasteiger partial charge in [-0.25, -0.2) is 4.79 Å². The molecule has 1 N–H and O–H groups in total. The van der Waals surface area contributed by atoms with Gasteiger partial charge in [-0.15, -0.1) is 0 Å². The van der Waals surface area contributed by atoms with Gasteiger partial charge in [-0.05, 0) is 43.0 Å². The summed E-state index contributed by atoms with van der Waals surface area (Å²) in [7, 11) is 0. The van der Waals surface area contributed by atoms with Crippen molar-refractivity contribution in [2.75, 3.05) is 5.32 Å². The first-order chi connectivity index (χ1) is 11.0. The van der Waals surface area contributed by atoms with Crippen molar-refractivity contribution < 1.29 is 18.7 Å². The second kappa shape index (κ2) is 7.63. The first-order valence-corrected chi connectivity index (χ1v) is 7.67. The summed E-state index contributed by atoms with van der Waals surface area (Å²) in [5.74, 6) is -0.634. The van der Waals surface area contributed by atoms with Crippen molar-refractivity contribution in [3.05, 3.63) is 54.0 Å². The van der Waals surface area contributed by atoms with Crippen LogP contribution in [0.4, 0.5) is 5.69 Å². The summed E-state index contributed by atoms with van der Waals surface area (Å²) in [6.45, 7) is 5.73. The zero-order valence-corrected chi connectivity index (χ0v) is 13.5. The van der Waals surface area contributed by atoms with Crippen molar-refractivity contribution in [2.45, 2.75) is 39.2 Å². The molecule has 0 aliphatic carbocycles. The van der Waals surface area contributed by atoms with E-state index >= 15 is 0 Å². The number of anilines is 1. The molecule has 23 heavy (non-hydrogen) atoms. The van der Waals surface area contributed by atoms with Crippen LogP contribution in [-0.2, 0) is 9.53 Å². The highest BCUT2D eigenvalue weighted by molar-refractivity contribution is 5.97. The standard InChI is InChI=1S/C18H21NO4/c1-4-12(2)14-8-5-6-9-15(14)19-17(20)13(3)23-18(21)16-10-7-11-22-16/h5-13H,4H2,1-3H3,(H,19,20)/t12-,13-/m1/s1. The minimum atomic E-state index is -0.919. The van der Waals surface area contributed by atoms with E-state index in [2.05, 4.69) is 19.2 Å². The molecule has 2 rings (SSSR count). The minimum absolute atomic E-state index is 0.0738. The zero-order valence-electron chi connectivity index (χ0n) is 13.5. The molecule has 2 aromatic rings. The number of furan rings is 1. The monoisotopic (exact) mass is 315 g/mol. The maximum absolute atomic E-state index is 12.3. The summed E-state index contributed by atoms with van der Waals surface area (Å²) in [5, 5.41) is 2.83. The second-order valence-electron chi connectivity index (χ2n) is 5.41. The lowest BCUT2D eigenvalue weighted by molar-refractivity contribution is -0.123. The van der Waals surface area contributed by atoms with Gasteiger partial charge in [-0.1, -0.05) is 32.0 Å². The van der Waals surface area contributed by atoms with Crippen LogP contribution < -0.4 is 5.32 Å². The summed E-state index contributed by atoms with van der Waals surface area (Å²) in [4.78, 5) is 24.1. The van der Waals surface area contributed by atoms with Gasteiger partial charge in [0.1, 0.15) is 0 Å². The Kier molecular flexibility index (Phi) is 5.57. The predicted molar refractivity (Wildman–Crippen MR) is 87.4 cm³/mol. The number of ether oxygens (including phenoxy) is 1. The smallest absolute Gasteiger partial charge is 0.374 e. The van der Waals surface area contributed by atoms with Crippen LogP contribution in [0.25, 0.3) is 0 Å². The maximum atomic E-state index is 12.3. The fourth-order valence-corrected chi connectivity index (χ4v) is 2.16. The molecule has 2 atom stereocenters. The van der Waals surface area contributed by atoms with Gasteiger partial charge >= 0.3 is 5.97 Å². The Morgan fingerprint density at radius 3 is 2.57 bits per heavy atom. The Labute approximate surface area is 135 Å². The van der Waals surface area contributed by atoms with Crippen LogP contribution >= 0.6 is 0 Å². The first-order valence-electron chi connectivity index (χ1n) is 7.67. The van der Waals surface area contributed by atoms with E-state index in [-0.39, 0.29) is 11.7 Å². The number of carbonyl (C=O) groups excluding carboxylic acids is 2. The predicted octanol–water partition coefficient (Wildman–Crippen LogP) is 3.98. The molecule has 1 aromatic heterocycles. The topological polar surface area (TPSA) is 68.5 Å². The third kappa shape index (κ3) is 4.22. The maximum Gasteiger partial charge on any atom is 0.374 e. The van der Waals surface area contributed by atoms with Crippen molar-refractivity contribution in [2.24, 2.45) is 0 Å². The van der Waals surface area contributed by atoms with Crippen LogP contribution in [0.5, 0.6) is 0 Å². The summed E-state index contributed by atoms with van der Waals surface area (Å²) in [6.07, 6.45) is 1.43.